The number of halogens is 1. The number of carbonyl (C=O) groups is 3. The molecule has 0 bridgehead atoms. The summed E-state index contributed by atoms with van der Waals surface area (Å²) in [7, 11) is 3.17. The van der Waals surface area contributed by atoms with Crippen LogP contribution in [0.1, 0.15) is 42.1 Å². The van der Waals surface area contributed by atoms with Gasteiger partial charge in [0.2, 0.25) is 5.78 Å². The summed E-state index contributed by atoms with van der Waals surface area (Å²) >= 11 is 0. The van der Waals surface area contributed by atoms with Crippen molar-refractivity contribution in [2.24, 2.45) is 17.1 Å². The van der Waals surface area contributed by atoms with E-state index in [1.54, 1.807) is 7.05 Å². The highest BCUT2D eigenvalue weighted by molar-refractivity contribution is 6.25. The van der Waals surface area contributed by atoms with Crippen LogP contribution < -0.4 is 11.1 Å². The molecule has 0 aromatic heterocycles. The number of phenolic OH excluding ortho intramolecular Hbond substituents is 1. The molecule has 0 heterocycles. The fourth-order valence-corrected chi connectivity index (χ4v) is 6.26. The number of rotatable bonds is 6. The van der Waals surface area contributed by atoms with Crippen LogP contribution in [0.25, 0.3) is 0 Å². The number of phenols is 1. The third-order valence-electron chi connectivity index (χ3n) is 7.73. The van der Waals surface area contributed by atoms with Crippen molar-refractivity contribution < 1.29 is 39.2 Å². The molecule has 1 unspecified atom stereocenters. The molecule has 1 aromatic carbocycles. The van der Waals surface area contributed by atoms with E-state index in [0.717, 1.165) is 12.5 Å². The van der Waals surface area contributed by atoms with Gasteiger partial charge in [0.25, 0.3) is 5.91 Å². The van der Waals surface area contributed by atoms with Gasteiger partial charge in [-0.15, -0.1) is 0 Å². The van der Waals surface area contributed by atoms with Gasteiger partial charge < -0.3 is 36.4 Å². The van der Waals surface area contributed by atoms with Gasteiger partial charge >= 0.3 is 0 Å². The van der Waals surface area contributed by atoms with E-state index in [9.17, 15) is 34.8 Å². The van der Waals surface area contributed by atoms with Crippen molar-refractivity contribution in [3.8, 4) is 5.75 Å². The average molecular weight is 504 g/mol. The number of fused-ring (bicyclic) bond motifs is 3. The molecule has 3 aliphatic rings. The van der Waals surface area contributed by atoms with Crippen LogP contribution in [0.3, 0.4) is 0 Å². The Bertz CT molecular complexity index is 1260. The summed E-state index contributed by atoms with van der Waals surface area (Å²) in [4.78, 5) is 40.9. The first kappa shape index (κ1) is 25.6. The van der Waals surface area contributed by atoms with Crippen LogP contribution >= 0.6 is 0 Å². The number of aliphatic hydroxyl groups is 3. The number of aromatic hydroxyl groups is 1. The Hall–Kier alpha value is -3.44. The molecule has 3 aliphatic carbocycles. The van der Waals surface area contributed by atoms with Gasteiger partial charge in [-0.25, -0.2) is 4.39 Å². The minimum absolute atomic E-state index is 0.0144. The standard InChI is InChI=1S/C25H30FN3O7/c1-4-5-29(3)10-24-8-11-6-12-13(26)7-14(28-2)19(31)17(12)20(32)16(11)21(33)25(24,36)22(34)18(23(27)35)15(30)9-24/h7,11,28,30-31,33,36H,4-6,8-10H2,1-3H3,(H2,27,35)/t11?,24-,25-/m0/s1. The molecule has 4 rings (SSSR count). The summed E-state index contributed by atoms with van der Waals surface area (Å²) in [6.45, 7) is 2.50. The van der Waals surface area contributed by atoms with Gasteiger partial charge in [0.15, 0.2) is 11.4 Å². The Morgan fingerprint density at radius 2 is 1.97 bits per heavy atom. The van der Waals surface area contributed by atoms with E-state index in [0.29, 0.717) is 6.54 Å². The maximum absolute atomic E-state index is 15.0. The molecule has 0 fully saturated rings. The quantitative estimate of drug-likeness (QED) is 0.248. The number of hydrogen-bond donors (Lipinski definition) is 6. The number of benzene rings is 1. The van der Waals surface area contributed by atoms with Crippen LogP contribution in [0, 0.1) is 17.2 Å². The zero-order valence-corrected chi connectivity index (χ0v) is 20.3. The van der Waals surface area contributed by atoms with Crippen molar-refractivity contribution in [3.05, 3.63) is 45.7 Å². The molecule has 1 amide bonds. The number of aliphatic hydroxyl groups excluding tert-OH is 2. The molecule has 0 aliphatic heterocycles. The first-order chi connectivity index (χ1) is 16.8. The summed E-state index contributed by atoms with van der Waals surface area (Å²) in [5, 5.41) is 47.3. The lowest BCUT2D eigenvalue weighted by molar-refractivity contribution is -0.161. The number of ketones is 2. The number of hydrogen-bond acceptors (Lipinski definition) is 9. The van der Waals surface area contributed by atoms with Gasteiger partial charge in [0, 0.05) is 42.6 Å². The van der Waals surface area contributed by atoms with Gasteiger partial charge in [-0.1, -0.05) is 6.92 Å². The van der Waals surface area contributed by atoms with Crippen LogP contribution in [-0.4, -0.2) is 75.6 Å². The predicted octanol–water partition coefficient (Wildman–Crippen LogP) is 1.47. The van der Waals surface area contributed by atoms with Gasteiger partial charge in [-0.3, -0.25) is 14.4 Å². The number of carbonyl (C=O) groups excluding carboxylic acids is 3. The average Bonchev–Trinajstić information content (AvgIpc) is 2.78. The van der Waals surface area contributed by atoms with Crippen molar-refractivity contribution >= 4 is 23.2 Å². The minimum atomic E-state index is -2.75. The van der Waals surface area contributed by atoms with Crippen molar-refractivity contribution in [2.75, 3.05) is 32.5 Å². The molecule has 0 saturated carbocycles. The third-order valence-corrected chi connectivity index (χ3v) is 7.73. The summed E-state index contributed by atoms with van der Waals surface area (Å²) < 4.78 is 15.0. The summed E-state index contributed by atoms with van der Waals surface area (Å²) in [5.74, 6) is -7.16. The topological polar surface area (TPSA) is 173 Å². The minimum Gasteiger partial charge on any atom is -0.511 e. The normalized spacial score (nSPS) is 27.7. The highest BCUT2D eigenvalue weighted by atomic mass is 19.1. The molecule has 10 nitrogen and oxygen atoms in total. The van der Waals surface area contributed by atoms with Gasteiger partial charge in [0.1, 0.15) is 28.7 Å². The van der Waals surface area contributed by atoms with E-state index in [2.05, 4.69) is 5.32 Å². The molecule has 194 valence electrons. The Morgan fingerprint density at radius 1 is 1.31 bits per heavy atom. The number of nitrogens with one attached hydrogen (secondary N) is 1. The fraction of sp³-hybridized carbons (Fsp3) is 0.480. The number of primary amides is 1. The lowest BCUT2D eigenvalue weighted by Crippen LogP contribution is -2.66. The summed E-state index contributed by atoms with van der Waals surface area (Å²) in [5.41, 5.74) is -0.608. The SMILES string of the molecule is CCCN(C)C[C@]12CC(O)=C(C(N)=O)C(=O)[C@@]1(O)C(O)=C1C(=O)c3c(O)c(NC)cc(F)c3CC1C2. The van der Waals surface area contributed by atoms with E-state index in [4.69, 9.17) is 5.73 Å². The maximum Gasteiger partial charge on any atom is 0.255 e. The van der Waals surface area contributed by atoms with Crippen molar-refractivity contribution in [1.29, 1.82) is 0 Å². The maximum atomic E-state index is 15.0. The molecule has 7 N–H and O–H groups in total. The van der Waals surface area contributed by atoms with Gasteiger partial charge in [-0.05, 0) is 38.8 Å². The van der Waals surface area contributed by atoms with Crippen molar-refractivity contribution in [2.45, 2.75) is 38.2 Å². The molecule has 36 heavy (non-hydrogen) atoms. The largest absolute Gasteiger partial charge is 0.511 e. The first-order valence-electron chi connectivity index (χ1n) is 11.7. The van der Waals surface area contributed by atoms with E-state index < -0.39 is 63.1 Å². The van der Waals surface area contributed by atoms with Crippen molar-refractivity contribution in [3.63, 3.8) is 0 Å². The predicted molar refractivity (Wildman–Crippen MR) is 127 cm³/mol. The van der Waals surface area contributed by atoms with Crippen LogP contribution in [0.5, 0.6) is 5.75 Å². The van der Waals surface area contributed by atoms with Gasteiger partial charge in [0.05, 0.1) is 11.3 Å². The third kappa shape index (κ3) is 3.33. The lowest BCUT2D eigenvalue weighted by Gasteiger charge is -2.55. The number of Topliss-reactive ketones (excluding diaryl/α,β-unsaturated/α-hetero) is 2. The van der Waals surface area contributed by atoms with E-state index >= 15 is 4.39 Å². The molecule has 1 aromatic rings. The number of nitrogens with zero attached hydrogens (tertiary/aromatic N) is 1. The van der Waals surface area contributed by atoms with Crippen LogP contribution in [0.4, 0.5) is 10.1 Å². The molecule has 3 atom stereocenters. The van der Waals surface area contributed by atoms with Crippen LogP contribution in [-0.2, 0) is 16.0 Å². The molecule has 0 spiro atoms. The molecule has 11 heteroatoms. The second-order valence-electron chi connectivity index (χ2n) is 9.98. The Balaban J connectivity index is 1.98. The van der Waals surface area contributed by atoms with Crippen LogP contribution in [0.15, 0.2) is 28.7 Å². The Kier molecular flexibility index (Phi) is 6.12. The van der Waals surface area contributed by atoms with Gasteiger partial charge in [-0.2, -0.15) is 0 Å². The molecular weight excluding hydrogens is 473 g/mol. The smallest absolute Gasteiger partial charge is 0.255 e. The second-order valence-corrected chi connectivity index (χ2v) is 9.98. The van der Waals surface area contributed by atoms with Crippen LogP contribution in [0.2, 0.25) is 0 Å². The highest BCUT2D eigenvalue weighted by Gasteiger charge is 2.67. The van der Waals surface area contributed by atoms with Crippen molar-refractivity contribution in [1.82, 2.24) is 4.90 Å². The second kappa shape index (κ2) is 8.59. The highest BCUT2D eigenvalue weighted by Crippen LogP contribution is 2.58. The number of anilines is 1. The monoisotopic (exact) mass is 503 g/mol. The molecule has 0 saturated heterocycles. The zero-order chi connectivity index (χ0) is 26.7. The van der Waals surface area contributed by atoms with E-state index in [1.807, 2.05) is 11.8 Å². The first-order valence-corrected chi connectivity index (χ1v) is 11.7. The number of nitrogens with two attached hydrogens (primary N) is 1. The number of allylic oxidation sites excluding steroid dienone is 2. The zero-order valence-electron chi connectivity index (χ0n) is 20.3. The molecule has 0 radical (unpaired) electrons. The fourth-order valence-electron chi connectivity index (χ4n) is 6.26. The molecular formula is C25H30FN3O7. The number of amides is 1. The summed E-state index contributed by atoms with van der Waals surface area (Å²) in [6, 6.07) is 1.07. The van der Waals surface area contributed by atoms with E-state index in [1.165, 1.54) is 7.05 Å². The van der Waals surface area contributed by atoms with E-state index in [-0.39, 0.29) is 48.2 Å². The summed E-state index contributed by atoms with van der Waals surface area (Å²) in [6.07, 6.45) is 0.176. The lowest BCUT2D eigenvalue weighted by atomic mass is 9.52. The Morgan fingerprint density at radius 3 is 2.56 bits per heavy atom. The Labute approximate surface area is 206 Å².